The minimum atomic E-state index is -0.276. The number of Topliss-reactive ketones (excluding diaryl/α,β-unsaturated/α-hetero) is 1. The molecule has 0 unspecified atom stereocenters. The molecule has 0 radical (unpaired) electrons. The Labute approximate surface area is 108 Å². The largest absolute Gasteiger partial charge is 0.490 e. The van der Waals surface area contributed by atoms with Gasteiger partial charge in [-0.05, 0) is 45.2 Å². The van der Waals surface area contributed by atoms with Crippen molar-refractivity contribution in [3.8, 4) is 5.75 Å². The van der Waals surface area contributed by atoms with Gasteiger partial charge in [-0.3, -0.25) is 4.79 Å². The summed E-state index contributed by atoms with van der Waals surface area (Å²) in [5.41, 5.74) is 6.51. The highest BCUT2D eigenvalue weighted by Crippen LogP contribution is 2.34. The van der Waals surface area contributed by atoms with E-state index in [1.54, 1.807) is 0 Å². The van der Waals surface area contributed by atoms with Crippen molar-refractivity contribution in [2.75, 3.05) is 0 Å². The van der Waals surface area contributed by atoms with Crippen molar-refractivity contribution in [2.24, 2.45) is 5.73 Å². The molecule has 1 aliphatic carbocycles. The zero-order valence-corrected chi connectivity index (χ0v) is 11.1. The third kappa shape index (κ3) is 2.91. The Kier molecular flexibility index (Phi) is 3.71. The summed E-state index contributed by atoms with van der Waals surface area (Å²) in [6, 6.07) is 7.42. The predicted molar refractivity (Wildman–Crippen MR) is 71.9 cm³/mol. The van der Waals surface area contributed by atoms with Crippen molar-refractivity contribution in [2.45, 2.75) is 51.2 Å². The molecule has 1 fully saturated rings. The van der Waals surface area contributed by atoms with Crippen molar-refractivity contribution < 1.29 is 9.53 Å². The van der Waals surface area contributed by atoms with Crippen LogP contribution in [-0.4, -0.2) is 17.4 Å². The van der Waals surface area contributed by atoms with Gasteiger partial charge in [0.1, 0.15) is 5.75 Å². The van der Waals surface area contributed by atoms with Gasteiger partial charge in [-0.25, -0.2) is 0 Å². The van der Waals surface area contributed by atoms with Crippen LogP contribution in [0.15, 0.2) is 24.3 Å². The van der Waals surface area contributed by atoms with Gasteiger partial charge in [0.25, 0.3) is 0 Å². The highest BCUT2D eigenvalue weighted by molar-refractivity contribution is 5.99. The molecule has 3 heteroatoms. The second-order valence-electron chi connectivity index (χ2n) is 5.48. The first-order valence-corrected chi connectivity index (χ1v) is 6.58. The first-order chi connectivity index (χ1) is 8.50. The molecule has 0 bridgehead atoms. The van der Waals surface area contributed by atoms with E-state index in [9.17, 15) is 4.79 Å². The summed E-state index contributed by atoms with van der Waals surface area (Å²) < 4.78 is 5.67. The topological polar surface area (TPSA) is 52.3 Å². The monoisotopic (exact) mass is 247 g/mol. The second-order valence-corrected chi connectivity index (χ2v) is 5.48. The number of hydrogen-bond donors (Lipinski definition) is 1. The highest BCUT2D eigenvalue weighted by atomic mass is 16.5. The summed E-state index contributed by atoms with van der Waals surface area (Å²) in [4.78, 5) is 12.3. The maximum atomic E-state index is 12.3. The minimum absolute atomic E-state index is 0.0643. The van der Waals surface area contributed by atoms with Crippen LogP contribution in [0.1, 0.15) is 49.9 Å². The summed E-state index contributed by atoms with van der Waals surface area (Å²) in [6.45, 7) is 3.91. The first-order valence-electron chi connectivity index (χ1n) is 6.58. The zero-order chi connectivity index (χ0) is 13.2. The molecule has 0 heterocycles. The number of para-hydroxylation sites is 1. The molecule has 2 N–H and O–H groups in total. The molecule has 0 atom stereocenters. The molecule has 1 aromatic rings. The van der Waals surface area contributed by atoms with E-state index in [0.717, 1.165) is 19.3 Å². The van der Waals surface area contributed by atoms with Gasteiger partial charge in [-0.15, -0.1) is 0 Å². The Morgan fingerprint density at radius 3 is 2.61 bits per heavy atom. The second kappa shape index (κ2) is 5.11. The average molecular weight is 247 g/mol. The minimum Gasteiger partial charge on any atom is -0.490 e. The quantitative estimate of drug-likeness (QED) is 0.814. The van der Waals surface area contributed by atoms with Gasteiger partial charge in [-0.1, -0.05) is 12.1 Å². The average Bonchev–Trinajstić information content (AvgIpc) is 2.26. The molecule has 1 saturated carbocycles. The number of nitrogens with two attached hydrogens (primary N) is 1. The molecule has 18 heavy (non-hydrogen) atoms. The van der Waals surface area contributed by atoms with E-state index in [-0.39, 0.29) is 17.4 Å². The number of ether oxygens (including phenoxy) is 1. The Balaban J connectivity index is 2.13. The van der Waals surface area contributed by atoms with Crippen molar-refractivity contribution >= 4 is 5.78 Å². The van der Waals surface area contributed by atoms with E-state index in [0.29, 0.717) is 17.7 Å². The lowest BCUT2D eigenvalue weighted by Gasteiger charge is -2.37. The normalized spacial score (nSPS) is 17.3. The number of carbonyl (C=O) groups excluding carboxylic acids is 1. The number of ketones is 1. The molecule has 3 nitrogen and oxygen atoms in total. The van der Waals surface area contributed by atoms with Crippen molar-refractivity contribution in [1.82, 2.24) is 0 Å². The van der Waals surface area contributed by atoms with E-state index < -0.39 is 0 Å². The lowest BCUT2D eigenvalue weighted by atomic mass is 9.74. The predicted octanol–water partition coefficient (Wildman–Crippen LogP) is 2.93. The number of rotatable bonds is 5. The number of benzene rings is 1. The molecule has 0 amide bonds. The Morgan fingerprint density at radius 2 is 2.06 bits per heavy atom. The molecular weight excluding hydrogens is 226 g/mol. The standard InChI is InChI=1S/C15H21NO2/c1-11(2)18-14-7-4-3-6-12(14)13(17)10-15(16)8-5-9-15/h3-4,6-7,11H,5,8-10,16H2,1-2H3. The van der Waals surface area contributed by atoms with E-state index in [2.05, 4.69) is 0 Å². The molecule has 0 aromatic heterocycles. The summed E-state index contributed by atoms with van der Waals surface area (Å²) in [7, 11) is 0. The van der Waals surface area contributed by atoms with Crippen molar-refractivity contribution in [1.29, 1.82) is 0 Å². The Bertz CT molecular complexity index is 436. The molecule has 98 valence electrons. The highest BCUT2D eigenvalue weighted by Gasteiger charge is 2.35. The summed E-state index contributed by atoms with van der Waals surface area (Å²) >= 11 is 0. The molecule has 1 aliphatic rings. The summed E-state index contributed by atoms with van der Waals surface area (Å²) in [5.74, 6) is 0.758. The summed E-state index contributed by atoms with van der Waals surface area (Å²) in [6.07, 6.45) is 3.52. The maximum absolute atomic E-state index is 12.3. The van der Waals surface area contributed by atoms with Crippen LogP contribution >= 0.6 is 0 Å². The zero-order valence-electron chi connectivity index (χ0n) is 11.1. The lowest BCUT2D eigenvalue weighted by Crippen LogP contribution is -2.48. The SMILES string of the molecule is CC(C)Oc1ccccc1C(=O)CC1(N)CCC1. The van der Waals surface area contributed by atoms with Gasteiger partial charge in [0, 0.05) is 12.0 Å². The molecule has 0 saturated heterocycles. The fraction of sp³-hybridized carbons (Fsp3) is 0.533. The molecular formula is C15H21NO2. The van der Waals surface area contributed by atoms with Gasteiger partial charge in [0.15, 0.2) is 5.78 Å². The van der Waals surface area contributed by atoms with Gasteiger partial charge >= 0.3 is 0 Å². The van der Waals surface area contributed by atoms with Crippen LogP contribution in [0.4, 0.5) is 0 Å². The Morgan fingerprint density at radius 1 is 1.39 bits per heavy atom. The van der Waals surface area contributed by atoms with Crippen LogP contribution in [0.2, 0.25) is 0 Å². The lowest BCUT2D eigenvalue weighted by molar-refractivity contribution is 0.0906. The third-order valence-corrected chi connectivity index (χ3v) is 3.41. The van der Waals surface area contributed by atoms with Gasteiger partial charge in [-0.2, -0.15) is 0 Å². The van der Waals surface area contributed by atoms with Crippen molar-refractivity contribution in [3.63, 3.8) is 0 Å². The molecule has 0 spiro atoms. The fourth-order valence-electron chi connectivity index (χ4n) is 2.28. The van der Waals surface area contributed by atoms with E-state index in [1.165, 1.54) is 0 Å². The van der Waals surface area contributed by atoms with Crippen LogP contribution in [0.3, 0.4) is 0 Å². The van der Waals surface area contributed by atoms with Crippen molar-refractivity contribution in [3.05, 3.63) is 29.8 Å². The van der Waals surface area contributed by atoms with E-state index in [1.807, 2.05) is 38.1 Å². The van der Waals surface area contributed by atoms with E-state index in [4.69, 9.17) is 10.5 Å². The van der Waals surface area contributed by atoms with Gasteiger partial charge in [0.05, 0.1) is 11.7 Å². The van der Waals surface area contributed by atoms with E-state index >= 15 is 0 Å². The first kappa shape index (κ1) is 13.1. The summed E-state index contributed by atoms with van der Waals surface area (Å²) in [5, 5.41) is 0. The maximum Gasteiger partial charge on any atom is 0.168 e. The van der Waals surface area contributed by atoms with Crippen LogP contribution in [0.25, 0.3) is 0 Å². The molecule has 2 rings (SSSR count). The Hall–Kier alpha value is -1.35. The molecule has 0 aliphatic heterocycles. The van der Waals surface area contributed by atoms with Crippen LogP contribution in [-0.2, 0) is 0 Å². The number of hydrogen-bond acceptors (Lipinski definition) is 3. The van der Waals surface area contributed by atoms with Crippen LogP contribution in [0, 0.1) is 0 Å². The third-order valence-electron chi connectivity index (χ3n) is 3.41. The van der Waals surface area contributed by atoms with Gasteiger partial charge < -0.3 is 10.5 Å². The molecule has 1 aromatic carbocycles. The van der Waals surface area contributed by atoms with Crippen LogP contribution < -0.4 is 10.5 Å². The number of carbonyl (C=O) groups is 1. The fourth-order valence-corrected chi connectivity index (χ4v) is 2.28. The van der Waals surface area contributed by atoms with Gasteiger partial charge in [0.2, 0.25) is 0 Å². The smallest absolute Gasteiger partial charge is 0.168 e. The van der Waals surface area contributed by atoms with Crippen LogP contribution in [0.5, 0.6) is 5.75 Å².